The van der Waals surface area contributed by atoms with Crippen LogP contribution in [-0.4, -0.2) is 52.2 Å². The van der Waals surface area contributed by atoms with Crippen molar-refractivity contribution in [2.75, 3.05) is 46.2 Å². The number of carbonyl (C=O) groups is 1. The predicted molar refractivity (Wildman–Crippen MR) is 166 cm³/mol. The summed E-state index contributed by atoms with van der Waals surface area (Å²) in [6, 6.07) is 0. The number of ether oxygens (including phenoxy) is 4. The number of hydrogen-bond acceptors (Lipinski definition) is 5. The lowest BCUT2D eigenvalue weighted by Crippen LogP contribution is -2.11. The first-order chi connectivity index (χ1) is 19.3. The summed E-state index contributed by atoms with van der Waals surface area (Å²) < 4.78 is 22.1. The fourth-order valence-corrected chi connectivity index (χ4v) is 4.75. The molecule has 0 bridgehead atoms. The third-order valence-corrected chi connectivity index (χ3v) is 7.32. The molecule has 0 aromatic carbocycles. The number of carbonyl (C=O) groups excluding carboxylic acids is 1. The van der Waals surface area contributed by atoms with Crippen molar-refractivity contribution in [3.63, 3.8) is 0 Å². The van der Waals surface area contributed by atoms with Gasteiger partial charge in [0.2, 0.25) is 0 Å². The molecule has 5 nitrogen and oxygen atoms in total. The van der Waals surface area contributed by atoms with Crippen molar-refractivity contribution < 1.29 is 23.7 Å². The van der Waals surface area contributed by atoms with Crippen molar-refractivity contribution >= 4 is 5.97 Å². The van der Waals surface area contributed by atoms with Gasteiger partial charge in [-0.3, -0.25) is 4.79 Å². The Hall–Kier alpha value is -0.650. The highest BCUT2D eigenvalue weighted by Gasteiger charge is 2.03. The summed E-state index contributed by atoms with van der Waals surface area (Å²) in [5, 5.41) is 0. The highest BCUT2D eigenvalue weighted by Crippen LogP contribution is 2.13. The van der Waals surface area contributed by atoms with E-state index in [-0.39, 0.29) is 5.97 Å². The molecule has 0 unspecified atom stereocenters. The van der Waals surface area contributed by atoms with E-state index < -0.39 is 0 Å². The van der Waals surface area contributed by atoms with Crippen LogP contribution in [-0.2, 0) is 23.7 Å². The molecule has 0 aromatic rings. The van der Waals surface area contributed by atoms with Gasteiger partial charge in [-0.25, -0.2) is 0 Å². The topological polar surface area (TPSA) is 54.0 Å². The molecule has 0 aliphatic heterocycles. The maximum Gasteiger partial charge on any atom is 0.305 e. The van der Waals surface area contributed by atoms with E-state index in [1.54, 1.807) is 0 Å². The number of hydrogen-bond donors (Lipinski definition) is 0. The summed E-state index contributed by atoms with van der Waals surface area (Å²) in [6.07, 6.45) is 30.4. The zero-order chi connectivity index (χ0) is 28.3. The molecule has 0 radical (unpaired) electrons. The van der Waals surface area contributed by atoms with Gasteiger partial charge >= 0.3 is 5.97 Å². The van der Waals surface area contributed by atoms with Crippen LogP contribution < -0.4 is 0 Å². The molecular formula is C34H68O5. The lowest BCUT2D eigenvalue weighted by Gasteiger charge is -2.07. The summed E-state index contributed by atoms with van der Waals surface area (Å²) in [5.74, 6) is -0.0989. The first-order valence-corrected chi connectivity index (χ1v) is 17.2. The SMILES string of the molecule is CCCCCCCCCCCCCCCCOC(=O)CCCOCCOCCOCCCCCCCCCC. The van der Waals surface area contributed by atoms with Crippen LogP contribution in [0, 0.1) is 0 Å². The van der Waals surface area contributed by atoms with E-state index in [0.717, 1.165) is 25.9 Å². The zero-order valence-electron chi connectivity index (χ0n) is 26.5. The Balaban J connectivity index is 3.14. The molecule has 0 aliphatic rings. The second-order valence-corrected chi connectivity index (χ2v) is 11.2. The van der Waals surface area contributed by atoms with Crippen LogP contribution >= 0.6 is 0 Å². The standard InChI is InChI=1S/C34H68O5/c1-3-5-7-9-11-13-14-15-16-17-18-20-22-24-29-39-34(35)26-25-28-37-31-33-38-32-30-36-27-23-21-19-12-10-8-6-4-2/h3-33H2,1-2H3. The second-order valence-electron chi connectivity index (χ2n) is 11.2. The molecule has 0 saturated carbocycles. The molecule has 0 amide bonds. The first-order valence-electron chi connectivity index (χ1n) is 17.2. The van der Waals surface area contributed by atoms with Crippen LogP contribution in [0.5, 0.6) is 0 Å². The molecule has 0 fully saturated rings. The van der Waals surface area contributed by atoms with Crippen LogP contribution in [0.3, 0.4) is 0 Å². The smallest absolute Gasteiger partial charge is 0.305 e. The minimum absolute atomic E-state index is 0.0989. The van der Waals surface area contributed by atoms with Gasteiger partial charge in [-0.1, -0.05) is 142 Å². The monoisotopic (exact) mass is 557 g/mol. The number of unbranched alkanes of at least 4 members (excludes halogenated alkanes) is 20. The van der Waals surface area contributed by atoms with E-state index in [2.05, 4.69) is 13.8 Å². The van der Waals surface area contributed by atoms with Gasteiger partial charge in [-0.05, 0) is 19.3 Å². The van der Waals surface area contributed by atoms with Crippen molar-refractivity contribution in [3.8, 4) is 0 Å². The van der Waals surface area contributed by atoms with Gasteiger partial charge in [-0.2, -0.15) is 0 Å². The summed E-state index contributed by atoms with van der Waals surface area (Å²) in [4.78, 5) is 11.8. The van der Waals surface area contributed by atoms with Gasteiger partial charge in [0.05, 0.1) is 33.0 Å². The average molecular weight is 557 g/mol. The number of rotatable bonds is 34. The van der Waals surface area contributed by atoms with E-state index in [9.17, 15) is 4.79 Å². The van der Waals surface area contributed by atoms with Crippen LogP contribution in [0.4, 0.5) is 0 Å². The fourth-order valence-electron chi connectivity index (χ4n) is 4.75. The van der Waals surface area contributed by atoms with Gasteiger partial charge in [0.15, 0.2) is 0 Å². The molecule has 5 heteroatoms. The minimum atomic E-state index is -0.0989. The highest BCUT2D eigenvalue weighted by atomic mass is 16.5. The summed E-state index contributed by atoms with van der Waals surface area (Å²) in [5.41, 5.74) is 0. The maximum absolute atomic E-state index is 11.8. The third kappa shape index (κ3) is 35.3. The molecule has 0 spiro atoms. The second kappa shape index (κ2) is 35.4. The molecule has 0 heterocycles. The molecule has 0 atom stereocenters. The molecule has 0 N–H and O–H groups in total. The van der Waals surface area contributed by atoms with E-state index in [0.29, 0.717) is 52.5 Å². The largest absolute Gasteiger partial charge is 0.466 e. The Morgan fingerprint density at radius 3 is 1.08 bits per heavy atom. The van der Waals surface area contributed by atoms with E-state index in [1.165, 1.54) is 122 Å². The van der Waals surface area contributed by atoms with Gasteiger partial charge in [0.25, 0.3) is 0 Å². The fraction of sp³-hybridized carbons (Fsp3) is 0.971. The lowest BCUT2D eigenvalue weighted by molar-refractivity contribution is -0.144. The zero-order valence-corrected chi connectivity index (χ0v) is 26.5. The predicted octanol–water partition coefficient (Wildman–Crippen LogP) is 9.98. The Labute approximate surface area is 243 Å². The molecule has 0 rings (SSSR count). The molecule has 39 heavy (non-hydrogen) atoms. The Morgan fingerprint density at radius 2 is 0.667 bits per heavy atom. The molecular weight excluding hydrogens is 488 g/mol. The Morgan fingerprint density at radius 1 is 0.359 bits per heavy atom. The van der Waals surface area contributed by atoms with Crippen molar-refractivity contribution in [2.45, 2.75) is 168 Å². The van der Waals surface area contributed by atoms with Crippen molar-refractivity contribution in [2.24, 2.45) is 0 Å². The van der Waals surface area contributed by atoms with Crippen molar-refractivity contribution in [1.82, 2.24) is 0 Å². The van der Waals surface area contributed by atoms with Crippen molar-refractivity contribution in [1.29, 1.82) is 0 Å². The minimum Gasteiger partial charge on any atom is -0.466 e. The van der Waals surface area contributed by atoms with E-state index in [1.807, 2.05) is 0 Å². The van der Waals surface area contributed by atoms with Crippen LogP contribution in [0.2, 0.25) is 0 Å². The van der Waals surface area contributed by atoms with Crippen LogP contribution in [0.15, 0.2) is 0 Å². The van der Waals surface area contributed by atoms with Crippen molar-refractivity contribution in [3.05, 3.63) is 0 Å². The van der Waals surface area contributed by atoms with E-state index in [4.69, 9.17) is 18.9 Å². The van der Waals surface area contributed by atoms with Crippen LogP contribution in [0.25, 0.3) is 0 Å². The first kappa shape index (κ1) is 38.4. The third-order valence-electron chi connectivity index (χ3n) is 7.32. The molecule has 0 saturated heterocycles. The summed E-state index contributed by atoms with van der Waals surface area (Å²) in [6.45, 7) is 8.92. The lowest BCUT2D eigenvalue weighted by atomic mass is 10.0. The van der Waals surface area contributed by atoms with Gasteiger partial charge in [0.1, 0.15) is 0 Å². The average Bonchev–Trinajstić information content (AvgIpc) is 2.94. The maximum atomic E-state index is 11.8. The Kier molecular flexibility index (Phi) is 34.8. The molecule has 0 aliphatic carbocycles. The summed E-state index contributed by atoms with van der Waals surface area (Å²) in [7, 11) is 0. The van der Waals surface area contributed by atoms with Gasteiger partial charge in [0, 0.05) is 19.6 Å². The highest BCUT2D eigenvalue weighted by molar-refractivity contribution is 5.69. The quantitative estimate of drug-likeness (QED) is 0.0583. The summed E-state index contributed by atoms with van der Waals surface area (Å²) >= 11 is 0. The molecule has 234 valence electrons. The van der Waals surface area contributed by atoms with E-state index >= 15 is 0 Å². The van der Waals surface area contributed by atoms with Gasteiger partial charge in [-0.15, -0.1) is 0 Å². The normalized spacial score (nSPS) is 11.3. The Bertz CT molecular complexity index is 457. The molecule has 0 aromatic heterocycles. The number of esters is 1. The van der Waals surface area contributed by atoms with Gasteiger partial charge < -0.3 is 18.9 Å². The van der Waals surface area contributed by atoms with Crippen LogP contribution in [0.1, 0.15) is 168 Å².